The first-order chi connectivity index (χ1) is 28.7. The summed E-state index contributed by atoms with van der Waals surface area (Å²) in [5.74, 6) is 0. The summed E-state index contributed by atoms with van der Waals surface area (Å²) >= 11 is 0. The molecule has 0 unspecified atom stereocenters. The van der Waals surface area contributed by atoms with Crippen LogP contribution in [0.3, 0.4) is 0 Å². The number of fused-ring (bicyclic) bond motifs is 6. The predicted molar refractivity (Wildman–Crippen MR) is 249 cm³/mol. The van der Waals surface area contributed by atoms with Gasteiger partial charge in [-0.2, -0.15) is 0 Å². The average Bonchev–Trinajstić information content (AvgIpc) is 3.81. The van der Waals surface area contributed by atoms with Gasteiger partial charge in [-0.15, -0.1) is 0 Å². The van der Waals surface area contributed by atoms with E-state index >= 15 is 0 Å². The van der Waals surface area contributed by atoms with Gasteiger partial charge in [0.1, 0.15) is 0 Å². The van der Waals surface area contributed by atoms with Gasteiger partial charge in [-0.3, -0.25) is 0 Å². The molecule has 8 aromatic carbocycles. The summed E-state index contributed by atoms with van der Waals surface area (Å²) in [4.78, 5) is 7.64. The molecule has 10 aromatic rings. The molecule has 0 aliphatic carbocycles. The van der Waals surface area contributed by atoms with Crippen LogP contribution in [-0.2, 0) is 0 Å². The maximum absolute atomic E-state index is 3.82. The third kappa shape index (κ3) is 7.01. The molecule has 0 bridgehead atoms. The van der Waals surface area contributed by atoms with Gasteiger partial charge in [0.2, 0.25) is 0 Å². The van der Waals surface area contributed by atoms with E-state index in [0.29, 0.717) is 0 Å². The molecule has 0 amide bonds. The summed E-state index contributed by atoms with van der Waals surface area (Å²) in [5, 5.41) is 5.04. The molecule has 0 aliphatic heterocycles. The molecular weight excluding hydrogens is 705 g/mol. The fraction of sp³-hybridized carbons (Fsp3) is 0.0741. The number of para-hydroxylation sites is 2. The van der Waals surface area contributed by atoms with Crippen molar-refractivity contribution in [3.05, 3.63) is 194 Å². The zero-order valence-corrected chi connectivity index (χ0v) is 32.8. The van der Waals surface area contributed by atoms with E-state index in [2.05, 4.69) is 213 Å². The first-order valence-corrected chi connectivity index (χ1v) is 19.9. The van der Waals surface area contributed by atoms with Gasteiger partial charge in [0.15, 0.2) is 0 Å². The number of aromatic nitrogens is 2. The van der Waals surface area contributed by atoms with Gasteiger partial charge in [0.25, 0.3) is 0 Å². The number of aliphatic imine (C=N–C) groups is 2. The van der Waals surface area contributed by atoms with Crippen molar-refractivity contribution in [1.29, 1.82) is 0 Å². The smallest absolute Gasteiger partial charge is 0.0541 e. The Labute approximate surface area is 339 Å². The molecule has 0 N–H and O–H groups in total. The van der Waals surface area contributed by atoms with E-state index in [1.165, 1.54) is 77.0 Å². The molecule has 0 saturated heterocycles. The molecule has 2 heterocycles. The van der Waals surface area contributed by atoms with Crippen LogP contribution in [0.25, 0.3) is 88.4 Å². The Kier molecular flexibility index (Phi) is 10.3. The van der Waals surface area contributed by atoms with E-state index in [-0.39, 0.29) is 0 Å². The summed E-state index contributed by atoms with van der Waals surface area (Å²) < 4.78 is 4.81. The molecule has 58 heavy (non-hydrogen) atoms. The van der Waals surface area contributed by atoms with Crippen LogP contribution in [0.1, 0.15) is 12.8 Å². The quantitative estimate of drug-likeness (QED) is 0.110. The Morgan fingerprint density at radius 1 is 0.328 bits per heavy atom. The highest BCUT2D eigenvalue weighted by Gasteiger charge is 2.16. The first-order valence-electron chi connectivity index (χ1n) is 19.9. The zero-order chi connectivity index (χ0) is 39.3. The van der Waals surface area contributed by atoms with Crippen molar-refractivity contribution in [2.75, 3.05) is 14.1 Å². The van der Waals surface area contributed by atoms with Gasteiger partial charge in [-0.25, -0.2) is 0 Å². The highest BCUT2D eigenvalue weighted by Crippen LogP contribution is 2.38. The van der Waals surface area contributed by atoms with Crippen molar-refractivity contribution in [3.63, 3.8) is 0 Å². The second-order valence-corrected chi connectivity index (χ2v) is 14.5. The lowest BCUT2D eigenvalue weighted by Crippen LogP contribution is -1.96. The SMILES string of the molecule is CN=CCCC=NC.c1ccc(-c2ccc3c(c2)c2ccccc2n3-c2cccc(-c3cccc(-n4c5ccccc5c5cc(-c6ccccc6)ccc54)c3)c2)cc1. The van der Waals surface area contributed by atoms with E-state index in [0.717, 1.165) is 24.2 Å². The molecule has 0 atom stereocenters. The van der Waals surface area contributed by atoms with E-state index in [4.69, 9.17) is 0 Å². The Balaban J connectivity index is 0.000000496. The summed E-state index contributed by atoms with van der Waals surface area (Å²) in [6.07, 6.45) is 5.80. The van der Waals surface area contributed by atoms with Crippen molar-refractivity contribution >= 4 is 56.0 Å². The Morgan fingerprint density at radius 2 is 0.690 bits per heavy atom. The van der Waals surface area contributed by atoms with E-state index < -0.39 is 0 Å². The van der Waals surface area contributed by atoms with Gasteiger partial charge in [0, 0.05) is 47.0 Å². The van der Waals surface area contributed by atoms with Crippen LogP contribution in [0.2, 0.25) is 0 Å². The second-order valence-electron chi connectivity index (χ2n) is 14.5. The Morgan fingerprint density at radius 3 is 1.12 bits per heavy atom. The lowest BCUT2D eigenvalue weighted by Gasteiger charge is -2.13. The molecule has 0 saturated carbocycles. The van der Waals surface area contributed by atoms with Crippen molar-refractivity contribution in [3.8, 4) is 44.8 Å². The summed E-state index contributed by atoms with van der Waals surface area (Å²) in [6, 6.07) is 70.4. The number of unbranched alkanes of at least 4 members (excludes halogenated alkanes) is 1. The minimum atomic E-state index is 1.01. The third-order valence-electron chi connectivity index (χ3n) is 10.9. The molecule has 280 valence electrons. The topological polar surface area (TPSA) is 34.6 Å². The van der Waals surface area contributed by atoms with Gasteiger partial charge < -0.3 is 19.1 Å². The normalized spacial score (nSPS) is 11.6. The Bertz CT molecular complexity index is 2860. The van der Waals surface area contributed by atoms with Gasteiger partial charge in [-0.05, 0) is 119 Å². The lowest BCUT2D eigenvalue weighted by atomic mass is 10.0. The van der Waals surface area contributed by atoms with Crippen LogP contribution in [0.5, 0.6) is 0 Å². The molecule has 10 rings (SSSR count). The monoisotopic (exact) mass is 748 g/mol. The van der Waals surface area contributed by atoms with Gasteiger partial charge in [-0.1, -0.05) is 133 Å². The number of nitrogens with zero attached hydrogens (tertiary/aromatic N) is 4. The van der Waals surface area contributed by atoms with Crippen LogP contribution in [-0.4, -0.2) is 35.7 Å². The molecule has 0 fully saturated rings. The second kappa shape index (κ2) is 16.4. The largest absolute Gasteiger partial charge is 0.309 e. The van der Waals surface area contributed by atoms with Crippen LogP contribution in [0.15, 0.2) is 204 Å². The highest BCUT2D eigenvalue weighted by molar-refractivity contribution is 6.11. The lowest BCUT2D eigenvalue weighted by molar-refractivity contribution is 1.17. The van der Waals surface area contributed by atoms with Crippen molar-refractivity contribution in [2.24, 2.45) is 9.98 Å². The average molecular weight is 749 g/mol. The van der Waals surface area contributed by atoms with Crippen LogP contribution in [0, 0.1) is 0 Å². The molecule has 4 nitrogen and oxygen atoms in total. The van der Waals surface area contributed by atoms with Gasteiger partial charge >= 0.3 is 0 Å². The molecular formula is C54H44N4. The van der Waals surface area contributed by atoms with Crippen molar-refractivity contribution in [2.45, 2.75) is 12.8 Å². The molecule has 4 heteroatoms. The van der Waals surface area contributed by atoms with Gasteiger partial charge in [0.05, 0.1) is 22.1 Å². The van der Waals surface area contributed by atoms with E-state index in [1.54, 1.807) is 14.1 Å². The van der Waals surface area contributed by atoms with Crippen LogP contribution in [0.4, 0.5) is 0 Å². The predicted octanol–water partition coefficient (Wildman–Crippen LogP) is 14.0. The standard InChI is InChI=1S/C48H32N2.C6H12N2/c1-3-13-33(14-4-1)37-25-27-47-43(31-37)41-21-7-9-23-45(41)49(47)39-19-11-17-35(29-39)36-18-12-20-40(30-36)50-46-24-10-8-22-42(46)44-32-38(26-28-48(44)50)34-15-5-2-6-16-34;1-7-5-3-4-6-8-2/h1-32H;5-6H,3-4H2,1-2H3. The fourth-order valence-electron chi connectivity index (χ4n) is 8.18. The zero-order valence-electron chi connectivity index (χ0n) is 32.8. The summed E-state index contributed by atoms with van der Waals surface area (Å²) in [7, 11) is 3.56. The molecule has 0 spiro atoms. The first kappa shape index (κ1) is 36.3. The molecule has 0 aliphatic rings. The maximum Gasteiger partial charge on any atom is 0.0541 e. The minimum absolute atomic E-state index is 1.01. The fourth-order valence-corrected chi connectivity index (χ4v) is 8.18. The number of rotatable bonds is 8. The number of benzene rings is 8. The minimum Gasteiger partial charge on any atom is -0.309 e. The third-order valence-corrected chi connectivity index (χ3v) is 10.9. The summed E-state index contributed by atoms with van der Waals surface area (Å²) in [6.45, 7) is 0. The highest BCUT2D eigenvalue weighted by atomic mass is 15.0. The number of hydrogen-bond acceptors (Lipinski definition) is 2. The summed E-state index contributed by atoms with van der Waals surface area (Å²) in [5.41, 5.74) is 14.4. The van der Waals surface area contributed by atoms with Crippen LogP contribution >= 0.6 is 0 Å². The van der Waals surface area contributed by atoms with Crippen molar-refractivity contribution in [1.82, 2.24) is 9.13 Å². The molecule has 2 aromatic heterocycles. The van der Waals surface area contributed by atoms with E-state index in [9.17, 15) is 0 Å². The van der Waals surface area contributed by atoms with Crippen LogP contribution < -0.4 is 0 Å². The number of hydrogen-bond donors (Lipinski definition) is 0. The Hall–Kier alpha value is -7.30. The maximum atomic E-state index is 3.82. The van der Waals surface area contributed by atoms with E-state index in [1.807, 2.05) is 12.4 Å². The van der Waals surface area contributed by atoms with Crippen molar-refractivity contribution < 1.29 is 0 Å². The molecule has 0 radical (unpaired) electrons.